The van der Waals surface area contributed by atoms with Gasteiger partial charge in [-0.3, -0.25) is 14.5 Å². The Morgan fingerprint density at radius 3 is 2.22 bits per heavy atom. The molecule has 0 radical (unpaired) electrons. The van der Waals surface area contributed by atoms with Gasteiger partial charge in [0.1, 0.15) is 12.1 Å². The third kappa shape index (κ3) is 3.29. The lowest BCUT2D eigenvalue weighted by molar-refractivity contribution is -0.143. The fourth-order valence-corrected chi connectivity index (χ4v) is 3.31. The Labute approximate surface area is 157 Å². The quantitative estimate of drug-likeness (QED) is 0.759. The number of nitrogens with two attached hydrogens (primary N) is 1. The SMILES string of the molecule is CC1(c2ccc(CN)cc2)C(=O)N(CC(=O)O)C(=O)N1Cc1ccccc1. The lowest BCUT2D eigenvalue weighted by Crippen LogP contribution is -2.44. The highest BCUT2D eigenvalue weighted by Gasteiger charge is 2.55. The van der Waals surface area contributed by atoms with Gasteiger partial charge < -0.3 is 15.7 Å². The number of rotatable bonds is 6. The molecule has 3 N–H and O–H groups in total. The van der Waals surface area contributed by atoms with E-state index in [9.17, 15) is 14.4 Å². The smallest absolute Gasteiger partial charge is 0.328 e. The number of urea groups is 1. The number of amides is 3. The molecule has 2 aromatic carbocycles. The van der Waals surface area contributed by atoms with Crippen LogP contribution in [0.2, 0.25) is 0 Å². The second-order valence-corrected chi connectivity index (χ2v) is 6.61. The third-order valence-corrected chi connectivity index (χ3v) is 4.89. The Morgan fingerprint density at radius 1 is 1.04 bits per heavy atom. The number of benzene rings is 2. The Hall–Kier alpha value is -3.19. The molecule has 27 heavy (non-hydrogen) atoms. The largest absolute Gasteiger partial charge is 0.480 e. The fraction of sp³-hybridized carbons (Fsp3) is 0.250. The number of nitrogens with zero attached hydrogens (tertiary/aromatic N) is 2. The predicted molar refractivity (Wildman–Crippen MR) is 98.4 cm³/mol. The van der Waals surface area contributed by atoms with Crippen molar-refractivity contribution in [3.8, 4) is 0 Å². The van der Waals surface area contributed by atoms with E-state index in [-0.39, 0.29) is 6.54 Å². The second kappa shape index (κ2) is 7.20. The van der Waals surface area contributed by atoms with Gasteiger partial charge >= 0.3 is 12.0 Å². The number of imide groups is 1. The van der Waals surface area contributed by atoms with Crippen LogP contribution in [0.3, 0.4) is 0 Å². The normalized spacial score (nSPS) is 19.6. The molecule has 1 fully saturated rings. The van der Waals surface area contributed by atoms with Crippen molar-refractivity contribution in [1.29, 1.82) is 0 Å². The summed E-state index contributed by atoms with van der Waals surface area (Å²) in [7, 11) is 0. The first kappa shape index (κ1) is 18.6. The van der Waals surface area contributed by atoms with Crippen molar-refractivity contribution in [2.45, 2.75) is 25.6 Å². The lowest BCUT2D eigenvalue weighted by atomic mass is 9.89. The highest BCUT2D eigenvalue weighted by molar-refractivity contribution is 6.08. The molecule has 1 aliphatic rings. The van der Waals surface area contributed by atoms with Crippen molar-refractivity contribution in [1.82, 2.24) is 9.80 Å². The minimum Gasteiger partial charge on any atom is -0.480 e. The maximum atomic E-state index is 13.1. The average Bonchev–Trinajstić information content (AvgIpc) is 2.85. The molecule has 1 unspecified atom stereocenters. The third-order valence-electron chi connectivity index (χ3n) is 4.89. The molecule has 0 bridgehead atoms. The maximum Gasteiger partial charge on any atom is 0.328 e. The number of hydrogen-bond acceptors (Lipinski definition) is 4. The van der Waals surface area contributed by atoms with Gasteiger partial charge in [-0.1, -0.05) is 54.6 Å². The van der Waals surface area contributed by atoms with Crippen molar-refractivity contribution in [3.63, 3.8) is 0 Å². The molecule has 1 saturated heterocycles. The molecule has 2 aromatic rings. The molecular weight excluding hydrogens is 346 g/mol. The summed E-state index contributed by atoms with van der Waals surface area (Å²) in [5.74, 6) is -1.79. The molecule has 0 spiro atoms. The molecule has 3 amide bonds. The van der Waals surface area contributed by atoms with Crippen LogP contribution in [0, 0.1) is 0 Å². The zero-order valence-corrected chi connectivity index (χ0v) is 15.0. The molecule has 0 aromatic heterocycles. The first-order valence-corrected chi connectivity index (χ1v) is 8.56. The minimum absolute atomic E-state index is 0.191. The molecule has 1 atom stereocenters. The van der Waals surface area contributed by atoms with Crippen LogP contribution in [0.5, 0.6) is 0 Å². The van der Waals surface area contributed by atoms with E-state index in [0.717, 1.165) is 16.0 Å². The summed E-state index contributed by atoms with van der Waals surface area (Å²) in [5, 5.41) is 9.12. The highest BCUT2D eigenvalue weighted by Crippen LogP contribution is 2.38. The van der Waals surface area contributed by atoms with Crippen LogP contribution < -0.4 is 5.73 Å². The van der Waals surface area contributed by atoms with Crippen LogP contribution >= 0.6 is 0 Å². The first-order chi connectivity index (χ1) is 12.9. The summed E-state index contributed by atoms with van der Waals surface area (Å²) in [4.78, 5) is 39.4. The van der Waals surface area contributed by atoms with Gasteiger partial charge in [0.25, 0.3) is 5.91 Å². The molecule has 0 saturated carbocycles. The second-order valence-electron chi connectivity index (χ2n) is 6.61. The Kier molecular flexibility index (Phi) is 4.96. The summed E-state index contributed by atoms with van der Waals surface area (Å²) >= 11 is 0. The van der Waals surface area contributed by atoms with E-state index in [1.165, 1.54) is 4.90 Å². The summed E-state index contributed by atoms with van der Waals surface area (Å²) < 4.78 is 0. The predicted octanol–water partition coefficient (Wildman–Crippen LogP) is 1.91. The minimum atomic E-state index is -1.30. The fourth-order valence-electron chi connectivity index (χ4n) is 3.31. The summed E-state index contributed by atoms with van der Waals surface area (Å²) in [6.45, 7) is 1.54. The molecule has 3 rings (SSSR count). The summed E-state index contributed by atoms with van der Waals surface area (Å²) in [6, 6.07) is 15.8. The summed E-state index contributed by atoms with van der Waals surface area (Å²) in [6.07, 6.45) is 0. The first-order valence-electron chi connectivity index (χ1n) is 8.56. The molecule has 1 heterocycles. The number of carbonyl (C=O) groups excluding carboxylic acids is 2. The van der Waals surface area contributed by atoms with E-state index in [1.54, 1.807) is 31.2 Å². The van der Waals surface area contributed by atoms with E-state index in [0.29, 0.717) is 12.1 Å². The van der Waals surface area contributed by atoms with Gasteiger partial charge in [-0.15, -0.1) is 0 Å². The number of aliphatic carboxylic acids is 1. The molecule has 0 aliphatic carbocycles. The average molecular weight is 367 g/mol. The van der Waals surface area contributed by atoms with Crippen LogP contribution in [0.25, 0.3) is 0 Å². The highest BCUT2D eigenvalue weighted by atomic mass is 16.4. The Morgan fingerprint density at radius 2 is 1.67 bits per heavy atom. The molecule has 7 heteroatoms. The van der Waals surface area contributed by atoms with Crippen molar-refractivity contribution in [2.75, 3.05) is 6.54 Å². The Bertz CT molecular complexity index is 867. The van der Waals surface area contributed by atoms with Gasteiger partial charge in [0.2, 0.25) is 0 Å². The maximum absolute atomic E-state index is 13.1. The van der Waals surface area contributed by atoms with Gasteiger partial charge in [-0.25, -0.2) is 4.79 Å². The standard InChI is InChI=1S/C20H21N3O4/c1-20(16-9-7-14(11-21)8-10-16)18(26)22(13-17(24)25)19(27)23(20)12-15-5-3-2-4-6-15/h2-10H,11-13,21H2,1H3,(H,24,25). The van der Waals surface area contributed by atoms with E-state index >= 15 is 0 Å². The number of hydrogen-bond donors (Lipinski definition) is 2. The lowest BCUT2D eigenvalue weighted by Gasteiger charge is -2.32. The van der Waals surface area contributed by atoms with Crippen molar-refractivity contribution in [3.05, 3.63) is 71.3 Å². The van der Waals surface area contributed by atoms with Crippen molar-refractivity contribution >= 4 is 17.9 Å². The van der Waals surface area contributed by atoms with Crippen LogP contribution in [-0.4, -0.2) is 39.4 Å². The van der Waals surface area contributed by atoms with Crippen LogP contribution in [0.15, 0.2) is 54.6 Å². The Balaban J connectivity index is 2.05. The molecule has 7 nitrogen and oxygen atoms in total. The zero-order chi connectivity index (χ0) is 19.6. The van der Waals surface area contributed by atoms with Crippen LogP contribution in [0.4, 0.5) is 4.79 Å². The van der Waals surface area contributed by atoms with Gasteiger partial charge in [-0.05, 0) is 23.6 Å². The number of carboxylic acids is 1. The molecular formula is C20H21N3O4. The van der Waals surface area contributed by atoms with Gasteiger partial charge in [0.05, 0.1) is 0 Å². The number of carbonyl (C=O) groups is 3. The monoisotopic (exact) mass is 367 g/mol. The van der Waals surface area contributed by atoms with E-state index in [1.807, 2.05) is 30.3 Å². The van der Waals surface area contributed by atoms with Crippen molar-refractivity contribution < 1.29 is 19.5 Å². The van der Waals surface area contributed by atoms with Gasteiger partial charge in [-0.2, -0.15) is 0 Å². The van der Waals surface area contributed by atoms with E-state index in [2.05, 4.69) is 0 Å². The van der Waals surface area contributed by atoms with Crippen molar-refractivity contribution in [2.24, 2.45) is 5.73 Å². The molecule has 1 aliphatic heterocycles. The van der Waals surface area contributed by atoms with E-state index in [4.69, 9.17) is 10.8 Å². The molecule has 140 valence electrons. The topological polar surface area (TPSA) is 104 Å². The summed E-state index contributed by atoms with van der Waals surface area (Å²) in [5.41, 5.74) is 6.70. The van der Waals surface area contributed by atoms with Crippen LogP contribution in [-0.2, 0) is 28.2 Å². The van der Waals surface area contributed by atoms with Gasteiger partial charge in [0.15, 0.2) is 0 Å². The van der Waals surface area contributed by atoms with E-state index < -0.39 is 30.0 Å². The van der Waals surface area contributed by atoms with Gasteiger partial charge in [0, 0.05) is 13.1 Å². The number of carboxylic acid groups (broad SMARTS) is 1. The zero-order valence-electron chi connectivity index (χ0n) is 15.0. The van der Waals surface area contributed by atoms with Crippen LogP contribution in [0.1, 0.15) is 23.6 Å².